The highest BCUT2D eigenvalue weighted by atomic mass is 19.5. The zero-order chi connectivity index (χ0) is 70.3. The molecule has 2 aliphatic rings. The Morgan fingerprint density at radius 1 is 0.318 bits per heavy atom. The molecule has 0 aromatic heterocycles. The molecule has 0 aliphatic heterocycles. The van der Waals surface area contributed by atoms with E-state index in [9.17, 15) is 126 Å². The second kappa shape index (κ2) is 22.6. The fraction of sp³-hybridized carbons (Fsp3) is 0.870. The number of rotatable bonds is 14. The van der Waals surface area contributed by atoms with E-state index in [0.717, 1.165) is 6.92 Å². The number of halogens is 36. The highest BCUT2D eigenvalue weighted by Crippen LogP contribution is 2.66. The van der Waals surface area contributed by atoms with Crippen LogP contribution in [0.1, 0.15) is 109 Å². The van der Waals surface area contributed by atoms with Gasteiger partial charge in [0.1, 0.15) is 0 Å². The average Bonchev–Trinajstić information content (AvgIpc) is 0.811. The van der Waals surface area contributed by atoms with Crippen LogP contribution in [0.4, 0.5) is 158 Å². The van der Waals surface area contributed by atoms with Crippen molar-refractivity contribution >= 4 is 0 Å². The summed E-state index contributed by atoms with van der Waals surface area (Å²) in [6.45, 7) is -0.398. The first-order valence-corrected chi connectivity index (χ1v) is 24.4. The molecule has 6 nitrogen and oxygen atoms in total. The summed E-state index contributed by atoms with van der Waals surface area (Å²) in [7, 11) is 0. The zero-order valence-electron chi connectivity index (χ0n) is 44.4. The lowest BCUT2D eigenvalue weighted by Gasteiger charge is -2.53. The summed E-state index contributed by atoms with van der Waals surface area (Å²) in [5.41, 5.74) is -57.8. The second-order valence-corrected chi connectivity index (χ2v) is 22.6. The molecule has 0 amide bonds. The average molecular weight is 1380 g/mol. The van der Waals surface area contributed by atoms with Crippen LogP contribution >= 0.6 is 0 Å². The van der Waals surface area contributed by atoms with Gasteiger partial charge in [0.2, 0.25) is 0 Å². The van der Waals surface area contributed by atoms with Gasteiger partial charge < -0.3 is 29.9 Å². The lowest BCUT2D eigenvalue weighted by Crippen LogP contribution is -2.68. The van der Waals surface area contributed by atoms with Gasteiger partial charge in [0.25, 0.3) is 33.6 Å². The summed E-state index contributed by atoms with van der Waals surface area (Å²) in [4.78, 5) is 0. The van der Waals surface area contributed by atoms with Gasteiger partial charge in [-0.05, 0) is 102 Å². The fourth-order valence-corrected chi connectivity index (χ4v) is 11.5. The molecule has 0 bridgehead atoms. The van der Waals surface area contributed by atoms with Crippen molar-refractivity contribution in [3.05, 3.63) is 34.9 Å². The minimum absolute atomic E-state index is 0.424. The predicted octanol–water partition coefficient (Wildman–Crippen LogP) is 16.9. The molecular weight excluding hydrogens is 1330 g/mol. The highest BCUT2D eigenvalue weighted by Gasteiger charge is 2.83. The molecule has 0 heterocycles. The largest absolute Gasteiger partial charge is 0.430 e. The standard InChI is InChI=1S/C46H46F36O6/c1-7-17(2)18-8-25(33(43(71,72)73,44(74,75)76)87-27(3,4)19-10-21(29(83,35(47,48)49)36(50,51)52)14-22(11-19)30(84,37(53,54)55)38(56,57)58)16-26(9-18)34(45(77,78)79,46(80,81)82)88-28(5,6)20-12-23(31(85,39(59,60)61)40(62,63)64)15-24(13-20)32(86,41(65,66)67)42(68,69)70/h8-9,16-17,19-24,83-86H,7,10-15H2,1-6H3. The molecule has 0 saturated heterocycles. The minimum Gasteiger partial charge on any atom is -0.373 e. The minimum atomic E-state index is -7.74. The SMILES string of the molecule is CCC(C)c1cc(C(OC(C)(C)C2CC(C(O)(C(F)(F)F)C(F)(F)F)CC(C(O)(C(F)(F)F)C(F)(F)F)C2)(C(F)(F)F)C(F)(F)F)cc(C(OC(C)(C)C2CC(C(O)(C(F)(F)F)C(F)(F)F)CC(C(O)(C(F)(F)F)C(F)(F)F)C2)(C(F)(F)F)C(F)(F)F)c1. The third-order valence-electron chi connectivity index (χ3n) is 16.6. The number of benzene rings is 1. The third kappa shape index (κ3) is 12.8. The first kappa shape index (κ1) is 78.7. The van der Waals surface area contributed by atoms with E-state index in [2.05, 4.69) is 9.47 Å². The van der Waals surface area contributed by atoms with Crippen molar-refractivity contribution in [2.24, 2.45) is 35.5 Å². The maximum atomic E-state index is 15.9. The quantitative estimate of drug-likeness (QED) is 0.139. The van der Waals surface area contributed by atoms with Crippen LogP contribution in [0, 0.1) is 35.5 Å². The Hall–Kier alpha value is -3.54. The van der Waals surface area contributed by atoms with Crippen molar-refractivity contribution in [1.29, 1.82) is 0 Å². The summed E-state index contributed by atoms with van der Waals surface area (Å²) in [5.74, 6) is -27.1. The lowest BCUT2D eigenvalue weighted by atomic mass is 9.60. The third-order valence-corrected chi connectivity index (χ3v) is 16.6. The zero-order valence-corrected chi connectivity index (χ0v) is 44.4. The fourth-order valence-electron chi connectivity index (χ4n) is 11.5. The van der Waals surface area contributed by atoms with Crippen LogP contribution in [0.3, 0.4) is 0 Å². The number of alkyl halides is 36. The first-order chi connectivity index (χ1) is 38.1. The van der Waals surface area contributed by atoms with E-state index in [1.807, 2.05) is 0 Å². The Morgan fingerprint density at radius 2 is 0.489 bits per heavy atom. The Balaban J connectivity index is 2.71. The van der Waals surface area contributed by atoms with Crippen molar-refractivity contribution in [1.82, 2.24) is 0 Å². The molecule has 88 heavy (non-hydrogen) atoms. The molecule has 5 unspecified atom stereocenters. The van der Waals surface area contributed by atoms with Gasteiger partial charge in [-0.25, -0.2) is 0 Å². The van der Waals surface area contributed by atoms with E-state index >= 15 is 52.7 Å². The predicted molar refractivity (Wildman–Crippen MR) is 220 cm³/mol. The van der Waals surface area contributed by atoms with E-state index in [1.165, 1.54) is 0 Å². The van der Waals surface area contributed by atoms with Gasteiger partial charge >= 0.3 is 74.1 Å². The van der Waals surface area contributed by atoms with Crippen molar-refractivity contribution in [2.75, 3.05) is 0 Å². The molecule has 0 spiro atoms. The Morgan fingerprint density at radius 3 is 0.636 bits per heavy atom. The van der Waals surface area contributed by atoms with Crippen molar-refractivity contribution in [3.63, 3.8) is 0 Å². The van der Waals surface area contributed by atoms with E-state index < -0.39 is 268 Å². The maximum Gasteiger partial charge on any atom is 0.430 e. The van der Waals surface area contributed by atoms with Gasteiger partial charge in [0, 0.05) is 34.8 Å². The molecule has 3 rings (SSSR count). The van der Waals surface area contributed by atoms with Crippen LogP contribution in [0.25, 0.3) is 0 Å². The Bertz CT molecular complexity index is 2220. The molecule has 1 aromatic rings. The molecule has 2 saturated carbocycles. The second-order valence-electron chi connectivity index (χ2n) is 22.6. The summed E-state index contributed by atoms with van der Waals surface area (Å²) >= 11 is 0. The summed E-state index contributed by atoms with van der Waals surface area (Å²) in [5, 5.41) is 40.8. The first-order valence-electron chi connectivity index (χ1n) is 24.4. The van der Waals surface area contributed by atoms with E-state index in [4.69, 9.17) is 0 Å². The molecule has 42 heteroatoms. The summed E-state index contributed by atoms with van der Waals surface area (Å²) in [6.07, 6.45) is -108. The Labute approximate surface area is 469 Å². The van der Waals surface area contributed by atoms with E-state index in [-0.39, 0.29) is 0 Å². The van der Waals surface area contributed by atoms with Crippen molar-refractivity contribution < 1.29 is 188 Å². The van der Waals surface area contributed by atoms with Gasteiger partial charge in [-0.3, -0.25) is 0 Å². The van der Waals surface area contributed by atoms with Gasteiger partial charge in [-0.2, -0.15) is 158 Å². The molecule has 2 fully saturated rings. The molecule has 2 aliphatic carbocycles. The van der Waals surface area contributed by atoms with Crippen molar-refractivity contribution in [3.8, 4) is 0 Å². The van der Waals surface area contributed by atoms with Gasteiger partial charge in [0.05, 0.1) is 11.2 Å². The molecule has 0 radical (unpaired) electrons. The highest BCUT2D eigenvalue weighted by molar-refractivity contribution is 5.42. The van der Waals surface area contributed by atoms with E-state index in [0.29, 0.717) is 6.92 Å². The molecule has 5 atom stereocenters. The topological polar surface area (TPSA) is 99.4 Å². The van der Waals surface area contributed by atoms with Crippen molar-refractivity contribution in [2.45, 2.75) is 211 Å². The lowest BCUT2D eigenvalue weighted by molar-refractivity contribution is -0.422. The molecular formula is C46H46F36O6. The van der Waals surface area contributed by atoms with Gasteiger partial charge in [0.15, 0.2) is 0 Å². The summed E-state index contributed by atoms with van der Waals surface area (Å²) in [6, 6.07) is -2.93. The van der Waals surface area contributed by atoms with Crippen LogP contribution < -0.4 is 0 Å². The van der Waals surface area contributed by atoms with Gasteiger partial charge in [-0.15, -0.1) is 0 Å². The summed E-state index contributed by atoms with van der Waals surface area (Å²) < 4.78 is 542. The molecule has 518 valence electrons. The van der Waals surface area contributed by atoms with Gasteiger partial charge in [-0.1, -0.05) is 26.0 Å². The number of ether oxygens (including phenoxy) is 2. The van der Waals surface area contributed by atoms with Crippen LogP contribution in [0.15, 0.2) is 18.2 Å². The van der Waals surface area contributed by atoms with Crippen LogP contribution in [-0.4, -0.2) is 128 Å². The number of hydrogen-bond donors (Lipinski definition) is 4. The molecule has 4 N–H and O–H groups in total. The Kier molecular flexibility index (Phi) is 20.2. The maximum absolute atomic E-state index is 15.9. The number of hydrogen-bond acceptors (Lipinski definition) is 6. The molecule has 1 aromatic carbocycles. The van der Waals surface area contributed by atoms with Crippen LogP contribution in [0.5, 0.6) is 0 Å². The van der Waals surface area contributed by atoms with E-state index in [1.54, 1.807) is 0 Å². The normalized spacial score (nSPS) is 23.4. The number of aliphatic hydroxyl groups is 4. The smallest absolute Gasteiger partial charge is 0.373 e. The monoisotopic (exact) mass is 1380 g/mol. The van der Waals surface area contributed by atoms with Crippen LogP contribution in [0.2, 0.25) is 0 Å². The van der Waals surface area contributed by atoms with Crippen LogP contribution in [-0.2, 0) is 20.7 Å².